The van der Waals surface area contributed by atoms with Gasteiger partial charge in [-0.15, -0.1) is 6.58 Å². The molecule has 0 atom stereocenters. The molecule has 0 spiro atoms. The molecule has 0 bridgehead atoms. The fourth-order valence-corrected chi connectivity index (χ4v) is 1.56. The molecule has 1 amide bonds. The Balaban J connectivity index is 2.99. The molecule has 0 aliphatic carbocycles. The molecule has 4 nitrogen and oxygen atoms in total. The number of rotatable bonds is 7. The largest absolute Gasteiger partial charge is 0.434 e. The van der Waals surface area contributed by atoms with Crippen LogP contribution in [0, 0.1) is 0 Å². The molecule has 0 heterocycles. The molecular weight excluding hydrogens is 256 g/mol. The molecule has 0 aliphatic heterocycles. The zero-order chi connectivity index (χ0) is 14.3. The van der Waals surface area contributed by atoms with Crippen molar-refractivity contribution in [3.8, 4) is 5.75 Å². The van der Waals surface area contributed by atoms with Gasteiger partial charge in [0, 0.05) is 13.1 Å². The number of halogens is 2. The molecule has 0 radical (unpaired) electrons. The van der Waals surface area contributed by atoms with Crippen LogP contribution in [0.5, 0.6) is 5.75 Å². The number of carbonyl (C=O) groups is 1. The van der Waals surface area contributed by atoms with Crippen molar-refractivity contribution in [2.45, 2.75) is 6.61 Å². The zero-order valence-electron chi connectivity index (χ0n) is 10.3. The summed E-state index contributed by atoms with van der Waals surface area (Å²) >= 11 is 0. The number of carbonyl (C=O) groups excluding carboxylic acids is 1. The Morgan fingerprint density at radius 3 is 2.74 bits per heavy atom. The summed E-state index contributed by atoms with van der Waals surface area (Å²) in [6.07, 6.45) is 1.49. The smallest absolute Gasteiger partial charge is 0.387 e. The third-order valence-corrected chi connectivity index (χ3v) is 2.34. The summed E-state index contributed by atoms with van der Waals surface area (Å²) in [5.41, 5.74) is 0.0260. The van der Waals surface area contributed by atoms with Crippen molar-refractivity contribution in [1.29, 1.82) is 0 Å². The first-order valence-corrected chi connectivity index (χ1v) is 5.65. The fourth-order valence-electron chi connectivity index (χ4n) is 1.56. The highest BCUT2D eigenvalue weighted by molar-refractivity contribution is 5.97. The lowest BCUT2D eigenvalue weighted by molar-refractivity contribution is -0.0502. The number of benzene rings is 1. The highest BCUT2D eigenvalue weighted by Gasteiger charge is 2.19. The van der Waals surface area contributed by atoms with E-state index in [9.17, 15) is 13.6 Å². The van der Waals surface area contributed by atoms with Crippen LogP contribution in [0.3, 0.4) is 0 Å². The van der Waals surface area contributed by atoms with Crippen molar-refractivity contribution in [1.82, 2.24) is 4.90 Å². The Morgan fingerprint density at radius 1 is 1.47 bits per heavy atom. The molecule has 19 heavy (non-hydrogen) atoms. The van der Waals surface area contributed by atoms with Crippen LogP contribution >= 0.6 is 0 Å². The number of para-hydroxylation sites is 1. The number of amides is 1. The number of aliphatic hydroxyl groups is 1. The van der Waals surface area contributed by atoms with Crippen LogP contribution in [0.4, 0.5) is 8.78 Å². The number of alkyl halides is 2. The summed E-state index contributed by atoms with van der Waals surface area (Å²) in [4.78, 5) is 13.5. The van der Waals surface area contributed by atoms with E-state index in [-0.39, 0.29) is 31.0 Å². The van der Waals surface area contributed by atoms with Crippen LogP contribution in [-0.4, -0.2) is 42.2 Å². The van der Waals surface area contributed by atoms with Crippen LogP contribution in [0.25, 0.3) is 0 Å². The highest BCUT2D eigenvalue weighted by atomic mass is 19.3. The van der Waals surface area contributed by atoms with Crippen LogP contribution in [0.15, 0.2) is 36.9 Å². The second kappa shape index (κ2) is 7.48. The van der Waals surface area contributed by atoms with Gasteiger partial charge in [0.15, 0.2) is 0 Å². The molecule has 0 fully saturated rings. The first kappa shape index (κ1) is 15.1. The Kier molecular flexibility index (Phi) is 5.95. The third-order valence-electron chi connectivity index (χ3n) is 2.34. The predicted octanol–water partition coefficient (Wildman–Crippen LogP) is 1.91. The Bertz CT molecular complexity index is 438. The van der Waals surface area contributed by atoms with Crippen molar-refractivity contribution in [3.63, 3.8) is 0 Å². The fraction of sp³-hybridized carbons (Fsp3) is 0.308. The Morgan fingerprint density at radius 2 is 2.16 bits per heavy atom. The van der Waals surface area contributed by atoms with Gasteiger partial charge in [0.05, 0.1) is 12.2 Å². The SMILES string of the molecule is C=CCN(CCO)C(=O)c1ccccc1OC(F)F. The van der Waals surface area contributed by atoms with Crippen LogP contribution in [0.1, 0.15) is 10.4 Å². The maximum absolute atomic E-state index is 12.3. The van der Waals surface area contributed by atoms with E-state index in [1.165, 1.54) is 29.2 Å². The molecule has 0 aliphatic rings. The molecule has 0 aromatic heterocycles. The zero-order valence-corrected chi connectivity index (χ0v) is 10.3. The number of hydrogen-bond donors (Lipinski definition) is 1. The maximum Gasteiger partial charge on any atom is 0.387 e. The van der Waals surface area contributed by atoms with Crippen LogP contribution in [-0.2, 0) is 0 Å². The van der Waals surface area contributed by atoms with Crippen molar-refractivity contribution >= 4 is 5.91 Å². The minimum Gasteiger partial charge on any atom is -0.434 e. The van der Waals surface area contributed by atoms with E-state index in [4.69, 9.17) is 5.11 Å². The number of ether oxygens (including phenoxy) is 1. The topological polar surface area (TPSA) is 49.8 Å². The molecule has 0 unspecified atom stereocenters. The van der Waals surface area contributed by atoms with Crippen LogP contribution < -0.4 is 4.74 Å². The Labute approximate surface area is 109 Å². The average Bonchev–Trinajstić information content (AvgIpc) is 2.38. The molecule has 1 aromatic rings. The highest BCUT2D eigenvalue weighted by Crippen LogP contribution is 2.21. The van der Waals surface area contributed by atoms with Crippen LogP contribution in [0.2, 0.25) is 0 Å². The van der Waals surface area contributed by atoms with E-state index >= 15 is 0 Å². The normalized spacial score (nSPS) is 10.3. The number of hydrogen-bond acceptors (Lipinski definition) is 3. The van der Waals surface area contributed by atoms with Crippen molar-refractivity contribution in [2.75, 3.05) is 19.7 Å². The quantitative estimate of drug-likeness (QED) is 0.771. The molecule has 1 rings (SSSR count). The lowest BCUT2D eigenvalue weighted by Gasteiger charge is -2.21. The maximum atomic E-state index is 12.3. The van der Waals surface area contributed by atoms with Gasteiger partial charge in [0.2, 0.25) is 0 Å². The molecule has 1 N–H and O–H groups in total. The summed E-state index contributed by atoms with van der Waals surface area (Å²) in [5, 5.41) is 8.89. The van der Waals surface area contributed by atoms with Gasteiger partial charge in [-0.1, -0.05) is 18.2 Å². The van der Waals surface area contributed by atoms with E-state index in [1.54, 1.807) is 6.07 Å². The molecule has 0 saturated heterocycles. The lowest BCUT2D eigenvalue weighted by Crippen LogP contribution is -2.34. The summed E-state index contributed by atoms with van der Waals surface area (Å²) in [6, 6.07) is 5.74. The van der Waals surface area contributed by atoms with Gasteiger partial charge < -0.3 is 14.7 Å². The van der Waals surface area contributed by atoms with Gasteiger partial charge in [-0.3, -0.25) is 4.79 Å². The first-order chi connectivity index (χ1) is 9.10. The van der Waals surface area contributed by atoms with Gasteiger partial charge in [0.25, 0.3) is 5.91 Å². The van der Waals surface area contributed by atoms with Gasteiger partial charge >= 0.3 is 6.61 Å². The monoisotopic (exact) mass is 271 g/mol. The van der Waals surface area contributed by atoms with Gasteiger partial charge in [-0.25, -0.2) is 0 Å². The third kappa shape index (κ3) is 4.33. The van der Waals surface area contributed by atoms with E-state index < -0.39 is 12.5 Å². The number of aliphatic hydroxyl groups excluding tert-OH is 1. The van der Waals surface area contributed by atoms with Crippen molar-refractivity contribution < 1.29 is 23.4 Å². The first-order valence-electron chi connectivity index (χ1n) is 5.65. The Hall–Kier alpha value is -1.95. The minimum atomic E-state index is -3.00. The molecular formula is C13H15F2NO3. The second-order valence-corrected chi connectivity index (χ2v) is 3.64. The van der Waals surface area contributed by atoms with E-state index in [2.05, 4.69) is 11.3 Å². The molecule has 6 heteroatoms. The molecule has 0 saturated carbocycles. The number of nitrogens with zero attached hydrogens (tertiary/aromatic N) is 1. The predicted molar refractivity (Wildman–Crippen MR) is 66.3 cm³/mol. The van der Waals surface area contributed by atoms with Crippen molar-refractivity contribution in [2.24, 2.45) is 0 Å². The molecule has 104 valence electrons. The standard InChI is InChI=1S/C13H15F2NO3/c1-2-7-16(8-9-17)12(18)10-5-3-4-6-11(10)19-13(14)15/h2-6,13,17H,1,7-9H2. The summed E-state index contributed by atoms with van der Waals surface area (Å²) in [6.45, 7) is 0.580. The summed E-state index contributed by atoms with van der Waals surface area (Å²) in [5.74, 6) is -0.681. The average molecular weight is 271 g/mol. The minimum absolute atomic E-state index is 0.0260. The van der Waals surface area contributed by atoms with E-state index in [0.29, 0.717) is 0 Å². The van der Waals surface area contributed by atoms with E-state index in [1.807, 2.05) is 0 Å². The summed E-state index contributed by atoms with van der Waals surface area (Å²) in [7, 11) is 0. The van der Waals surface area contributed by atoms with Gasteiger partial charge in [-0.2, -0.15) is 8.78 Å². The summed E-state index contributed by atoms with van der Waals surface area (Å²) < 4.78 is 28.8. The van der Waals surface area contributed by atoms with Gasteiger partial charge in [0.1, 0.15) is 5.75 Å². The van der Waals surface area contributed by atoms with E-state index in [0.717, 1.165) is 0 Å². The van der Waals surface area contributed by atoms with Gasteiger partial charge in [-0.05, 0) is 12.1 Å². The second-order valence-electron chi connectivity index (χ2n) is 3.64. The lowest BCUT2D eigenvalue weighted by atomic mass is 10.1. The van der Waals surface area contributed by atoms with Crippen molar-refractivity contribution in [3.05, 3.63) is 42.5 Å². The molecule has 1 aromatic carbocycles.